The third-order valence-corrected chi connectivity index (χ3v) is 10.6. The van der Waals surface area contributed by atoms with Gasteiger partial charge in [0, 0.05) is 7.11 Å². The Balaban J connectivity index is 0.00000167. The average Bonchev–Trinajstić information content (AvgIpc) is 3.07. The van der Waals surface area contributed by atoms with Crippen LogP contribution in [-0.2, 0) is 0 Å². The Morgan fingerprint density at radius 1 is 1.03 bits per heavy atom. The topological polar surface area (TPSA) is 60.7 Å². The van der Waals surface area contributed by atoms with Crippen LogP contribution in [0.4, 0.5) is 13.2 Å². The summed E-state index contributed by atoms with van der Waals surface area (Å²) in [6.07, 6.45) is 6.95. The van der Waals surface area contributed by atoms with Crippen molar-refractivity contribution in [2.24, 2.45) is 40.4 Å². The fraction of sp³-hybridized carbons (Fsp3) is 0.926. The SMILES string of the molecule is CO.[B]C([B])(O)C(CCCC1CCC2C3CC=C4C[C@@](C)(O)CCC4(C)C3CCC12C)C(F)(F)F. The summed E-state index contributed by atoms with van der Waals surface area (Å²) in [5.41, 5.74) is 1.20. The highest BCUT2D eigenvalue weighted by molar-refractivity contribution is 6.39. The van der Waals surface area contributed by atoms with Gasteiger partial charge in [0.25, 0.3) is 0 Å². The number of rotatable bonds is 5. The maximum Gasteiger partial charge on any atom is 0.393 e. The molecule has 3 saturated carbocycles. The second-order valence-electron chi connectivity index (χ2n) is 12.7. The molecule has 3 fully saturated rings. The molecule has 8 heteroatoms. The fourth-order valence-electron chi connectivity index (χ4n) is 8.61. The summed E-state index contributed by atoms with van der Waals surface area (Å²) in [5, 5.41) is 24.5. The number of alkyl halides is 3. The van der Waals surface area contributed by atoms with Gasteiger partial charge < -0.3 is 15.3 Å². The molecule has 0 amide bonds. The van der Waals surface area contributed by atoms with E-state index >= 15 is 0 Å². The fourth-order valence-corrected chi connectivity index (χ4v) is 8.61. The van der Waals surface area contributed by atoms with Gasteiger partial charge in [-0.2, -0.15) is 13.2 Å². The zero-order valence-electron chi connectivity index (χ0n) is 21.9. The van der Waals surface area contributed by atoms with Crippen LogP contribution in [0.25, 0.3) is 0 Å². The van der Waals surface area contributed by atoms with Gasteiger partial charge in [-0.3, -0.25) is 0 Å². The van der Waals surface area contributed by atoms with Crippen LogP contribution >= 0.6 is 0 Å². The van der Waals surface area contributed by atoms with E-state index in [1.54, 1.807) is 0 Å². The highest BCUT2D eigenvalue weighted by atomic mass is 19.4. The third-order valence-electron chi connectivity index (χ3n) is 10.6. The van der Waals surface area contributed by atoms with E-state index in [-0.39, 0.29) is 17.3 Å². The van der Waals surface area contributed by atoms with Crippen molar-refractivity contribution in [2.75, 3.05) is 7.11 Å². The summed E-state index contributed by atoms with van der Waals surface area (Å²) in [7, 11) is 11.5. The molecule has 4 aliphatic rings. The molecule has 3 nitrogen and oxygen atoms in total. The number of aliphatic hydroxyl groups is 3. The predicted molar refractivity (Wildman–Crippen MR) is 134 cm³/mol. The standard InChI is InChI=1S/C26H39B2F3O2.CH4O/c1-22(32)13-14-24(3)17(15-22)7-9-18-19-10-8-16(23(19,2)12-11-20(18)24)5-4-6-21(25(27,28)33)26(29,30)31;1-2/h7,16,18-21,32-33H,4-6,8-15H2,1-3H3;2H,1H3/t16?,18?,19?,20?,21?,22-,23?,24?;/m0./s1. The van der Waals surface area contributed by atoms with Crippen molar-refractivity contribution in [3.05, 3.63) is 11.6 Å². The summed E-state index contributed by atoms with van der Waals surface area (Å²) in [6.45, 7) is 6.75. The van der Waals surface area contributed by atoms with Crippen LogP contribution in [0.15, 0.2) is 11.6 Å². The van der Waals surface area contributed by atoms with E-state index < -0.39 is 23.1 Å². The average molecular weight is 494 g/mol. The first kappa shape index (κ1) is 29.1. The van der Waals surface area contributed by atoms with Gasteiger partial charge in [-0.1, -0.05) is 31.9 Å². The summed E-state index contributed by atoms with van der Waals surface area (Å²) >= 11 is 0. The molecule has 35 heavy (non-hydrogen) atoms. The monoisotopic (exact) mass is 494 g/mol. The Kier molecular flexibility index (Phi) is 8.33. The van der Waals surface area contributed by atoms with Crippen molar-refractivity contribution in [1.82, 2.24) is 0 Å². The van der Waals surface area contributed by atoms with E-state index in [0.717, 1.165) is 58.5 Å². The highest BCUT2D eigenvalue weighted by Crippen LogP contribution is 2.67. The van der Waals surface area contributed by atoms with Crippen molar-refractivity contribution in [3.63, 3.8) is 0 Å². The zero-order chi connectivity index (χ0) is 26.4. The normalized spacial score (nSPS) is 42.1. The van der Waals surface area contributed by atoms with E-state index in [0.29, 0.717) is 30.1 Å². The van der Waals surface area contributed by atoms with Crippen molar-refractivity contribution >= 4 is 15.7 Å². The van der Waals surface area contributed by atoms with Gasteiger partial charge in [0.05, 0.1) is 27.2 Å². The molecule has 4 aliphatic carbocycles. The quantitative estimate of drug-likeness (QED) is 0.361. The lowest BCUT2D eigenvalue weighted by molar-refractivity contribution is -0.198. The molecule has 4 rings (SSSR count). The first-order valence-electron chi connectivity index (χ1n) is 13.3. The largest absolute Gasteiger partial charge is 0.409 e. The van der Waals surface area contributed by atoms with Gasteiger partial charge >= 0.3 is 6.18 Å². The number of allylic oxidation sites excluding steroid dienone is 1. The molecule has 0 aromatic carbocycles. The molecule has 8 atom stereocenters. The number of hydrogen-bond acceptors (Lipinski definition) is 3. The van der Waals surface area contributed by atoms with Crippen molar-refractivity contribution in [3.8, 4) is 0 Å². The predicted octanol–water partition coefficient (Wildman–Crippen LogP) is 5.26. The van der Waals surface area contributed by atoms with E-state index in [1.807, 2.05) is 6.92 Å². The Morgan fingerprint density at radius 2 is 1.69 bits per heavy atom. The number of fused-ring (bicyclic) bond motifs is 5. The minimum atomic E-state index is -4.61. The molecule has 0 aromatic heterocycles. The van der Waals surface area contributed by atoms with Crippen molar-refractivity contribution < 1.29 is 28.5 Å². The molecule has 0 spiro atoms. The summed E-state index contributed by atoms with van der Waals surface area (Å²) in [6, 6.07) is 0. The summed E-state index contributed by atoms with van der Waals surface area (Å²) < 4.78 is 40.0. The minimum absolute atomic E-state index is 0.165. The molecule has 0 bridgehead atoms. The van der Waals surface area contributed by atoms with Gasteiger partial charge in [-0.15, -0.1) is 0 Å². The molecule has 4 radical (unpaired) electrons. The lowest BCUT2D eigenvalue weighted by atomic mass is 9.46. The molecule has 0 aromatic rings. The van der Waals surface area contributed by atoms with E-state index in [1.165, 1.54) is 12.0 Å². The first-order chi connectivity index (χ1) is 16.1. The second kappa shape index (κ2) is 10.0. The van der Waals surface area contributed by atoms with Crippen LogP contribution < -0.4 is 0 Å². The van der Waals surface area contributed by atoms with E-state index in [4.69, 9.17) is 20.8 Å². The number of halogens is 3. The lowest BCUT2D eigenvalue weighted by Gasteiger charge is -2.59. The van der Waals surface area contributed by atoms with Gasteiger partial charge in [-0.25, -0.2) is 0 Å². The van der Waals surface area contributed by atoms with Gasteiger partial charge in [0.15, 0.2) is 0 Å². The molecule has 0 aliphatic heterocycles. The Labute approximate surface area is 212 Å². The molecule has 0 heterocycles. The maximum atomic E-state index is 13.3. The minimum Gasteiger partial charge on any atom is -0.409 e. The Hall–Kier alpha value is -0.460. The van der Waals surface area contributed by atoms with Crippen molar-refractivity contribution in [2.45, 2.75) is 109 Å². The molecule has 3 N–H and O–H groups in total. The van der Waals surface area contributed by atoms with Gasteiger partial charge in [0.2, 0.25) is 0 Å². The highest BCUT2D eigenvalue weighted by Gasteiger charge is 2.59. The molecular weight excluding hydrogens is 451 g/mol. The summed E-state index contributed by atoms with van der Waals surface area (Å²) in [4.78, 5) is 0. The van der Waals surface area contributed by atoms with Crippen molar-refractivity contribution in [1.29, 1.82) is 0 Å². The first-order valence-corrected chi connectivity index (χ1v) is 13.3. The molecule has 7 unspecified atom stereocenters. The van der Waals surface area contributed by atoms with Crippen LogP contribution in [0.5, 0.6) is 0 Å². The molecular formula is C27H43B2F3O3. The molecule has 0 saturated heterocycles. The molecule has 196 valence electrons. The van der Waals surface area contributed by atoms with E-state index in [9.17, 15) is 23.4 Å². The van der Waals surface area contributed by atoms with Gasteiger partial charge in [0.1, 0.15) is 0 Å². The maximum absolute atomic E-state index is 13.3. The Morgan fingerprint density at radius 3 is 2.29 bits per heavy atom. The lowest BCUT2D eigenvalue weighted by Crippen LogP contribution is -2.51. The summed E-state index contributed by atoms with van der Waals surface area (Å²) in [5.74, 6) is 0.191. The van der Waals surface area contributed by atoms with Crippen LogP contribution in [0.1, 0.15) is 91.4 Å². The van der Waals surface area contributed by atoms with Gasteiger partial charge in [-0.05, 0) is 111 Å². The van der Waals surface area contributed by atoms with E-state index in [2.05, 4.69) is 19.9 Å². The van der Waals surface area contributed by atoms with Crippen LogP contribution in [0.3, 0.4) is 0 Å². The second-order valence-corrected chi connectivity index (χ2v) is 12.7. The Bertz CT molecular complexity index is 765. The number of hydrogen-bond donors (Lipinski definition) is 3. The number of aliphatic hydroxyl groups excluding tert-OH is 1. The smallest absolute Gasteiger partial charge is 0.393 e. The zero-order valence-corrected chi connectivity index (χ0v) is 21.9. The third kappa shape index (κ3) is 5.55. The van der Waals surface area contributed by atoms with Crippen LogP contribution in [0.2, 0.25) is 0 Å². The van der Waals surface area contributed by atoms with Crippen LogP contribution in [0, 0.1) is 40.4 Å². The van der Waals surface area contributed by atoms with Crippen LogP contribution in [-0.4, -0.2) is 55.3 Å².